The van der Waals surface area contributed by atoms with E-state index in [0.717, 1.165) is 11.3 Å². The molecular formula is C20H18O4. The van der Waals surface area contributed by atoms with Gasteiger partial charge in [0.25, 0.3) is 0 Å². The summed E-state index contributed by atoms with van der Waals surface area (Å²) in [6.07, 6.45) is 5.08. The van der Waals surface area contributed by atoms with Crippen LogP contribution >= 0.6 is 0 Å². The van der Waals surface area contributed by atoms with Crippen LogP contribution in [0.25, 0.3) is 23.1 Å². The Morgan fingerprint density at radius 1 is 1.08 bits per heavy atom. The molecule has 0 bridgehead atoms. The van der Waals surface area contributed by atoms with E-state index in [1.807, 2.05) is 37.3 Å². The first-order valence-corrected chi connectivity index (χ1v) is 7.72. The molecule has 4 nitrogen and oxygen atoms in total. The van der Waals surface area contributed by atoms with Gasteiger partial charge in [-0.1, -0.05) is 24.3 Å². The maximum atomic E-state index is 12.7. The molecule has 0 saturated carbocycles. The minimum absolute atomic E-state index is 0.115. The fourth-order valence-electron chi connectivity index (χ4n) is 2.47. The maximum Gasteiger partial charge on any atom is 0.203 e. The van der Waals surface area contributed by atoms with Gasteiger partial charge in [0.05, 0.1) is 19.3 Å². The number of rotatable bonds is 5. The normalized spacial score (nSPS) is 11.1. The Morgan fingerprint density at radius 3 is 2.58 bits per heavy atom. The minimum atomic E-state index is -0.115. The van der Waals surface area contributed by atoms with Crippen LogP contribution in [0.4, 0.5) is 0 Å². The highest BCUT2D eigenvalue weighted by molar-refractivity contribution is 5.86. The lowest BCUT2D eigenvalue weighted by Crippen LogP contribution is -2.06. The van der Waals surface area contributed by atoms with Gasteiger partial charge in [0.2, 0.25) is 5.43 Å². The summed E-state index contributed by atoms with van der Waals surface area (Å²) in [4.78, 5) is 12.7. The Hall–Kier alpha value is -3.01. The zero-order valence-corrected chi connectivity index (χ0v) is 13.6. The fraction of sp³-hybridized carbons (Fsp3) is 0.150. The molecule has 24 heavy (non-hydrogen) atoms. The summed E-state index contributed by atoms with van der Waals surface area (Å²) in [7, 11) is 1.54. The zero-order chi connectivity index (χ0) is 16.9. The van der Waals surface area contributed by atoms with Crippen LogP contribution in [0.2, 0.25) is 0 Å². The van der Waals surface area contributed by atoms with Gasteiger partial charge >= 0.3 is 0 Å². The van der Waals surface area contributed by atoms with Crippen molar-refractivity contribution in [2.75, 3.05) is 13.7 Å². The summed E-state index contributed by atoms with van der Waals surface area (Å²) in [5.41, 5.74) is 1.84. The van der Waals surface area contributed by atoms with Crippen molar-refractivity contribution in [3.05, 3.63) is 70.1 Å². The lowest BCUT2D eigenvalue weighted by molar-refractivity contribution is 0.340. The molecule has 0 N–H and O–H groups in total. The summed E-state index contributed by atoms with van der Waals surface area (Å²) < 4.78 is 16.2. The zero-order valence-electron chi connectivity index (χ0n) is 13.6. The standard InChI is InChI=1S/C20H18O4/c1-3-23-16-11-8-14(9-12-16)7-10-15-13-24-18-6-4-5-17(22-2)19(18)20(15)21/h4-13H,3H2,1-2H3/b10-7-. The third kappa shape index (κ3) is 3.18. The van der Waals surface area contributed by atoms with Crippen LogP contribution in [0.15, 0.2) is 57.9 Å². The molecule has 0 amide bonds. The second-order valence-corrected chi connectivity index (χ2v) is 5.19. The number of hydrogen-bond acceptors (Lipinski definition) is 4. The average molecular weight is 322 g/mol. The molecule has 122 valence electrons. The van der Waals surface area contributed by atoms with Crippen molar-refractivity contribution >= 4 is 23.1 Å². The molecule has 1 aromatic heterocycles. The molecule has 4 heteroatoms. The number of benzene rings is 2. The topological polar surface area (TPSA) is 48.7 Å². The lowest BCUT2D eigenvalue weighted by Gasteiger charge is -2.04. The Labute approximate surface area is 139 Å². The molecule has 0 atom stereocenters. The monoisotopic (exact) mass is 322 g/mol. The molecule has 0 unspecified atom stereocenters. The molecule has 0 saturated heterocycles. The maximum absolute atomic E-state index is 12.7. The number of fused-ring (bicyclic) bond motifs is 1. The van der Waals surface area contributed by atoms with E-state index in [4.69, 9.17) is 13.9 Å². The molecule has 0 aliphatic carbocycles. The number of methoxy groups -OCH3 is 1. The summed E-state index contributed by atoms with van der Waals surface area (Å²) in [5.74, 6) is 1.34. The average Bonchev–Trinajstić information content (AvgIpc) is 2.62. The van der Waals surface area contributed by atoms with Crippen molar-refractivity contribution in [1.29, 1.82) is 0 Å². The van der Waals surface area contributed by atoms with E-state index in [-0.39, 0.29) is 5.43 Å². The predicted molar refractivity (Wildman–Crippen MR) is 95.6 cm³/mol. The highest BCUT2D eigenvalue weighted by atomic mass is 16.5. The second-order valence-electron chi connectivity index (χ2n) is 5.19. The van der Waals surface area contributed by atoms with E-state index >= 15 is 0 Å². The van der Waals surface area contributed by atoms with Crippen molar-refractivity contribution in [2.24, 2.45) is 0 Å². The van der Waals surface area contributed by atoms with Gasteiger partial charge in [-0.15, -0.1) is 0 Å². The Balaban J connectivity index is 1.95. The van der Waals surface area contributed by atoms with Crippen LogP contribution < -0.4 is 14.9 Å². The first-order valence-electron chi connectivity index (χ1n) is 7.72. The molecule has 0 fully saturated rings. The minimum Gasteiger partial charge on any atom is -0.496 e. The third-order valence-corrected chi connectivity index (χ3v) is 3.66. The molecule has 3 rings (SSSR count). The molecule has 1 heterocycles. The van der Waals surface area contributed by atoms with Crippen molar-refractivity contribution < 1.29 is 13.9 Å². The SMILES string of the molecule is CCOc1ccc(/C=C\c2coc3cccc(OC)c3c2=O)cc1. The van der Waals surface area contributed by atoms with Gasteiger partial charge in [-0.25, -0.2) is 0 Å². The molecule has 0 spiro atoms. The van der Waals surface area contributed by atoms with Gasteiger partial charge in [-0.3, -0.25) is 4.79 Å². The molecule has 0 radical (unpaired) electrons. The first-order chi connectivity index (χ1) is 11.7. The first kappa shape index (κ1) is 15.9. The van der Waals surface area contributed by atoms with Crippen molar-refractivity contribution in [3.63, 3.8) is 0 Å². The molecule has 2 aromatic carbocycles. The molecule has 3 aromatic rings. The van der Waals surface area contributed by atoms with Gasteiger partial charge in [0.15, 0.2) is 0 Å². The van der Waals surface area contributed by atoms with Crippen molar-refractivity contribution in [1.82, 2.24) is 0 Å². The highest BCUT2D eigenvalue weighted by Gasteiger charge is 2.09. The second kappa shape index (κ2) is 7.04. The number of hydrogen-bond donors (Lipinski definition) is 0. The van der Waals surface area contributed by atoms with Crippen molar-refractivity contribution in [3.8, 4) is 11.5 Å². The highest BCUT2D eigenvalue weighted by Crippen LogP contribution is 2.23. The quantitative estimate of drug-likeness (QED) is 0.700. The fourth-order valence-corrected chi connectivity index (χ4v) is 2.47. The van der Waals surface area contributed by atoms with Gasteiger partial charge < -0.3 is 13.9 Å². The van der Waals surface area contributed by atoms with Crippen LogP contribution in [-0.2, 0) is 0 Å². The lowest BCUT2D eigenvalue weighted by atomic mass is 10.1. The molecule has 0 aliphatic heterocycles. The van der Waals surface area contributed by atoms with E-state index in [9.17, 15) is 4.79 Å². The third-order valence-electron chi connectivity index (χ3n) is 3.66. The van der Waals surface area contributed by atoms with Gasteiger partial charge in [0, 0.05) is 0 Å². The Morgan fingerprint density at radius 2 is 1.88 bits per heavy atom. The molecule has 0 aliphatic rings. The van der Waals surface area contributed by atoms with Crippen LogP contribution in [0, 0.1) is 0 Å². The van der Waals surface area contributed by atoms with Crippen LogP contribution in [-0.4, -0.2) is 13.7 Å². The largest absolute Gasteiger partial charge is 0.496 e. The van der Waals surface area contributed by atoms with E-state index < -0.39 is 0 Å². The summed E-state index contributed by atoms with van der Waals surface area (Å²) >= 11 is 0. The van der Waals surface area contributed by atoms with Crippen molar-refractivity contribution in [2.45, 2.75) is 6.92 Å². The van der Waals surface area contributed by atoms with Gasteiger partial charge in [0.1, 0.15) is 28.7 Å². The number of ether oxygens (including phenoxy) is 2. The van der Waals surface area contributed by atoms with E-state index in [1.54, 1.807) is 24.3 Å². The van der Waals surface area contributed by atoms with Crippen LogP contribution in [0.3, 0.4) is 0 Å². The summed E-state index contributed by atoms with van der Waals surface area (Å²) in [5, 5.41) is 0.453. The summed E-state index contributed by atoms with van der Waals surface area (Å²) in [6, 6.07) is 13.0. The van der Waals surface area contributed by atoms with Gasteiger partial charge in [-0.05, 0) is 42.8 Å². The summed E-state index contributed by atoms with van der Waals surface area (Å²) in [6.45, 7) is 2.58. The Kier molecular flexibility index (Phi) is 4.66. The van der Waals surface area contributed by atoms with Gasteiger partial charge in [-0.2, -0.15) is 0 Å². The van der Waals surface area contributed by atoms with E-state index in [0.29, 0.717) is 28.9 Å². The van der Waals surface area contributed by atoms with E-state index in [2.05, 4.69) is 0 Å². The molecular weight excluding hydrogens is 304 g/mol. The van der Waals surface area contributed by atoms with E-state index in [1.165, 1.54) is 13.4 Å². The van der Waals surface area contributed by atoms with Crippen LogP contribution in [0.1, 0.15) is 18.1 Å². The van der Waals surface area contributed by atoms with Crippen LogP contribution in [0.5, 0.6) is 11.5 Å². The predicted octanol–water partition coefficient (Wildman–Crippen LogP) is 4.37. The smallest absolute Gasteiger partial charge is 0.203 e. The Bertz CT molecular complexity index is 921.